The number of hydrogen-bond donors (Lipinski definition) is 1. The molecule has 1 N–H and O–H groups in total. The van der Waals surface area contributed by atoms with Crippen molar-refractivity contribution < 1.29 is 4.74 Å². The Morgan fingerprint density at radius 1 is 1.33 bits per heavy atom. The van der Waals surface area contributed by atoms with Crippen LogP contribution in [-0.2, 0) is 4.74 Å². The van der Waals surface area contributed by atoms with E-state index in [-0.39, 0.29) is 0 Å². The molecule has 0 unspecified atom stereocenters. The maximum atomic E-state index is 5.34. The molecule has 0 aliphatic carbocycles. The predicted octanol–water partition coefficient (Wildman–Crippen LogP) is 1.97. The molecule has 0 aromatic rings. The van der Waals surface area contributed by atoms with E-state index in [1.165, 1.54) is 6.42 Å². The molecule has 0 amide bonds. The highest BCUT2D eigenvalue weighted by Crippen LogP contribution is 1.90. The topological polar surface area (TPSA) is 21.3 Å². The summed E-state index contributed by atoms with van der Waals surface area (Å²) in [6, 6.07) is 0. The molecular formula is C10H21NO. The van der Waals surface area contributed by atoms with Crippen molar-refractivity contribution in [3.05, 3.63) is 12.2 Å². The van der Waals surface area contributed by atoms with Crippen LogP contribution in [0.5, 0.6) is 0 Å². The van der Waals surface area contributed by atoms with Gasteiger partial charge in [0.25, 0.3) is 0 Å². The van der Waals surface area contributed by atoms with Crippen LogP contribution in [0.1, 0.15) is 26.7 Å². The Morgan fingerprint density at radius 2 is 2.08 bits per heavy atom. The zero-order valence-electron chi connectivity index (χ0n) is 8.36. The SMILES string of the molecule is C=C(CNCCC)COCCC. The van der Waals surface area contributed by atoms with Gasteiger partial charge in [-0.15, -0.1) is 0 Å². The lowest BCUT2D eigenvalue weighted by Gasteiger charge is -2.06. The van der Waals surface area contributed by atoms with Crippen molar-refractivity contribution in [2.75, 3.05) is 26.3 Å². The second kappa shape index (κ2) is 8.75. The summed E-state index contributed by atoms with van der Waals surface area (Å²) in [6.07, 6.45) is 2.25. The molecule has 0 spiro atoms. The first-order valence-corrected chi connectivity index (χ1v) is 4.76. The third kappa shape index (κ3) is 7.76. The average Bonchev–Trinajstić information content (AvgIpc) is 2.06. The van der Waals surface area contributed by atoms with Crippen molar-refractivity contribution in [3.63, 3.8) is 0 Å². The lowest BCUT2D eigenvalue weighted by atomic mass is 10.3. The van der Waals surface area contributed by atoms with E-state index in [4.69, 9.17) is 4.74 Å². The molecule has 0 aliphatic heterocycles. The van der Waals surface area contributed by atoms with Crippen LogP contribution >= 0.6 is 0 Å². The molecule has 0 aromatic heterocycles. The Labute approximate surface area is 76.0 Å². The van der Waals surface area contributed by atoms with E-state index in [2.05, 4.69) is 25.7 Å². The van der Waals surface area contributed by atoms with E-state index < -0.39 is 0 Å². The van der Waals surface area contributed by atoms with Gasteiger partial charge in [0, 0.05) is 13.2 Å². The number of nitrogens with one attached hydrogen (secondary N) is 1. The third-order valence-electron chi connectivity index (χ3n) is 1.46. The summed E-state index contributed by atoms with van der Waals surface area (Å²) < 4.78 is 5.34. The molecule has 0 aliphatic rings. The quantitative estimate of drug-likeness (QED) is 0.445. The summed E-state index contributed by atoms with van der Waals surface area (Å²) in [5.74, 6) is 0. The van der Waals surface area contributed by atoms with Gasteiger partial charge in [-0.1, -0.05) is 20.4 Å². The lowest BCUT2D eigenvalue weighted by Crippen LogP contribution is -2.19. The van der Waals surface area contributed by atoms with Crippen LogP contribution in [0.3, 0.4) is 0 Å². The Morgan fingerprint density at radius 3 is 2.67 bits per heavy atom. The van der Waals surface area contributed by atoms with Crippen LogP contribution in [0.4, 0.5) is 0 Å². The highest BCUT2D eigenvalue weighted by molar-refractivity contribution is 4.96. The smallest absolute Gasteiger partial charge is 0.0686 e. The number of rotatable bonds is 8. The first kappa shape index (κ1) is 11.7. The summed E-state index contributed by atoms with van der Waals surface area (Å²) in [5, 5.41) is 3.28. The second-order valence-electron chi connectivity index (χ2n) is 2.98. The van der Waals surface area contributed by atoms with Gasteiger partial charge in [0.15, 0.2) is 0 Å². The first-order valence-electron chi connectivity index (χ1n) is 4.76. The summed E-state index contributed by atoms with van der Waals surface area (Å²) >= 11 is 0. The standard InChI is InChI=1S/C10H21NO/c1-4-6-11-8-10(3)9-12-7-5-2/h11H,3-9H2,1-2H3. The molecule has 12 heavy (non-hydrogen) atoms. The fourth-order valence-electron chi connectivity index (χ4n) is 0.854. The van der Waals surface area contributed by atoms with Gasteiger partial charge in [-0.2, -0.15) is 0 Å². The van der Waals surface area contributed by atoms with Gasteiger partial charge >= 0.3 is 0 Å². The van der Waals surface area contributed by atoms with Gasteiger partial charge < -0.3 is 10.1 Å². The molecule has 0 heterocycles. The maximum absolute atomic E-state index is 5.34. The van der Waals surface area contributed by atoms with Gasteiger partial charge in [-0.25, -0.2) is 0 Å². The van der Waals surface area contributed by atoms with E-state index in [0.717, 1.165) is 31.7 Å². The minimum absolute atomic E-state index is 0.699. The van der Waals surface area contributed by atoms with Crippen molar-refractivity contribution in [2.24, 2.45) is 0 Å². The molecule has 0 atom stereocenters. The molecule has 0 fully saturated rings. The minimum Gasteiger partial charge on any atom is -0.377 e. The van der Waals surface area contributed by atoms with Crippen LogP contribution in [0.15, 0.2) is 12.2 Å². The molecule has 0 saturated carbocycles. The Balaban J connectivity index is 3.10. The number of hydrogen-bond acceptors (Lipinski definition) is 2. The highest BCUT2D eigenvalue weighted by Gasteiger charge is 1.92. The largest absolute Gasteiger partial charge is 0.377 e. The highest BCUT2D eigenvalue weighted by atomic mass is 16.5. The van der Waals surface area contributed by atoms with E-state index in [1.807, 2.05) is 0 Å². The van der Waals surface area contributed by atoms with Gasteiger partial charge in [0.2, 0.25) is 0 Å². The van der Waals surface area contributed by atoms with Crippen LogP contribution in [0, 0.1) is 0 Å². The van der Waals surface area contributed by atoms with Crippen LogP contribution in [-0.4, -0.2) is 26.3 Å². The zero-order chi connectivity index (χ0) is 9.23. The van der Waals surface area contributed by atoms with Crippen LogP contribution in [0.2, 0.25) is 0 Å². The van der Waals surface area contributed by atoms with Crippen molar-refractivity contribution in [1.82, 2.24) is 5.32 Å². The fourth-order valence-corrected chi connectivity index (χ4v) is 0.854. The van der Waals surface area contributed by atoms with Gasteiger partial charge in [-0.3, -0.25) is 0 Å². The fraction of sp³-hybridized carbons (Fsp3) is 0.800. The maximum Gasteiger partial charge on any atom is 0.0686 e. The lowest BCUT2D eigenvalue weighted by molar-refractivity contribution is 0.155. The van der Waals surface area contributed by atoms with Crippen LogP contribution < -0.4 is 5.32 Å². The molecule has 0 saturated heterocycles. The molecule has 2 heteroatoms. The average molecular weight is 171 g/mol. The molecular weight excluding hydrogens is 150 g/mol. The Kier molecular flexibility index (Phi) is 8.51. The third-order valence-corrected chi connectivity index (χ3v) is 1.46. The van der Waals surface area contributed by atoms with E-state index >= 15 is 0 Å². The van der Waals surface area contributed by atoms with Gasteiger partial charge in [0.1, 0.15) is 0 Å². The predicted molar refractivity (Wildman–Crippen MR) is 53.4 cm³/mol. The molecule has 0 radical (unpaired) electrons. The monoisotopic (exact) mass is 171 g/mol. The number of ether oxygens (including phenoxy) is 1. The van der Waals surface area contributed by atoms with Gasteiger partial charge in [-0.05, 0) is 25.0 Å². The van der Waals surface area contributed by atoms with Crippen molar-refractivity contribution in [3.8, 4) is 0 Å². The van der Waals surface area contributed by atoms with Crippen LogP contribution in [0.25, 0.3) is 0 Å². The molecule has 72 valence electrons. The summed E-state index contributed by atoms with van der Waals surface area (Å²) in [5.41, 5.74) is 1.14. The van der Waals surface area contributed by atoms with E-state index in [9.17, 15) is 0 Å². The summed E-state index contributed by atoms with van der Waals surface area (Å²) in [4.78, 5) is 0. The first-order chi connectivity index (χ1) is 5.81. The van der Waals surface area contributed by atoms with Gasteiger partial charge in [0.05, 0.1) is 6.61 Å². The van der Waals surface area contributed by atoms with Crippen molar-refractivity contribution >= 4 is 0 Å². The van der Waals surface area contributed by atoms with Crippen molar-refractivity contribution in [2.45, 2.75) is 26.7 Å². The molecule has 0 rings (SSSR count). The molecule has 0 bridgehead atoms. The normalized spacial score (nSPS) is 10.2. The summed E-state index contributed by atoms with van der Waals surface area (Å²) in [6.45, 7) is 11.7. The molecule has 2 nitrogen and oxygen atoms in total. The van der Waals surface area contributed by atoms with E-state index in [0.29, 0.717) is 6.61 Å². The zero-order valence-corrected chi connectivity index (χ0v) is 8.36. The Bertz CT molecular complexity index is 100. The minimum atomic E-state index is 0.699. The molecule has 0 aromatic carbocycles. The summed E-state index contributed by atoms with van der Waals surface area (Å²) in [7, 11) is 0. The second-order valence-corrected chi connectivity index (χ2v) is 2.98. The van der Waals surface area contributed by atoms with E-state index in [1.54, 1.807) is 0 Å². The van der Waals surface area contributed by atoms with Crippen molar-refractivity contribution in [1.29, 1.82) is 0 Å². The Hall–Kier alpha value is -0.340.